The first-order chi connectivity index (χ1) is 7.56. The molecular weight excluding hydrogens is 228 g/mol. The van der Waals surface area contributed by atoms with Gasteiger partial charge in [-0.3, -0.25) is 4.79 Å². The summed E-state index contributed by atoms with van der Waals surface area (Å²) in [5, 5.41) is 8.67. The lowest BCUT2D eigenvalue weighted by molar-refractivity contribution is 0.0798. The molecule has 0 atom stereocenters. The molecule has 5 nitrogen and oxygen atoms in total. The summed E-state index contributed by atoms with van der Waals surface area (Å²) in [7, 11) is 1.60. The molecule has 0 aliphatic heterocycles. The molecule has 0 saturated carbocycles. The minimum Gasteiger partial charge on any atom is -0.384 e. The van der Waals surface area contributed by atoms with Gasteiger partial charge in [-0.15, -0.1) is 0 Å². The Morgan fingerprint density at radius 3 is 3.06 bits per heavy atom. The third kappa shape index (κ3) is 2.84. The van der Waals surface area contributed by atoms with Crippen molar-refractivity contribution in [2.45, 2.75) is 6.42 Å². The zero-order chi connectivity index (χ0) is 12.1. The van der Waals surface area contributed by atoms with E-state index in [-0.39, 0.29) is 23.2 Å². The zero-order valence-corrected chi connectivity index (χ0v) is 9.53. The summed E-state index contributed by atoms with van der Waals surface area (Å²) < 4.78 is 0. The molecule has 1 amide bonds. The number of nitrogens with two attached hydrogens (primary N) is 1. The van der Waals surface area contributed by atoms with Crippen molar-refractivity contribution < 1.29 is 4.79 Å². The van der Waals surface area contributed by atoms with Crippen LogP contribution >= 0.6 is 11.6 Å². The lowest BCUT2D eigenvalue weighted by Crippen LogP contribution is -2.28. The van der Waals surface area contributed by atoms with Crippen molar-refractivity contribution in [3.8, 4) is 6.07 Å². The molecule has 16 heavy (non-hydrogen) atoms. The van der Waals surface area contributed by atoms with Gasteiger partial charge in [0.25, 0.3) is 5.91 Å². The molecule has 0 aliphatic carbocycles. The van der Waals surface area contributed by atoms with Crippen LogP contribution in [0, 0.1) is 11.3 Å². The minimum absolute atomic E-state index is 0.237. The van der Waals surface area contributed by atoms with Crippen LogP contribution in [0.3, 0.4) is 0 Å². The summed E-state index contributed by atoms with van der Waals surface area (Å²) in [6.07, 6.45) is 1.61. The number of pyridine rings is 1. The zero-order valence-electron chi connectivity index (χ0n) is 8.77. The van der Waals surface area contributed by atoms with Gasteiger partial charge >= 0.3 is 0 Å². The van der Waals surface area contributed by atoms with E-state index in [0.717, 1.165) is 0 Å². The highest BCUT2D eigenvalue weighted by atomic mass is 35.5. The Hall–Kier alpha value is -1.80. The van der Waals surface area contributed by atoms with Crippen LogP contribution in [0.4, 0.5) is 5.82 Å². The van der Waals surface area contributed by atoms with Crippen LogP contribution in [0.5, 0.6) is 0 Å². The van der Waals surface area contributed by atoms with Gasteiger partial charge in [0, 0.05) is 19.8 Å². The second-order valence-corrected chi connectivity index (χ2v) is 3.63. The molecule has 0 aliphatic rings. The topological polar surface area (TPSA) is 83.0 Å². The fourth-order valence-corrected chi connectivity index (χ4v) is 1.33. The maximum Gasteiger partial charge on any atom is 0.255 e. The lowest BCUT2D eigenvalue weighted by Gasteiger charge is -2.16. The normalized spacial score (nSPS) is 9.56. The number of nitrogen functional groups attached to an aromatic ring is 1. The number of halogens is 1. The second kappa shape index (κ2) is 5.33. The van der Waals surface area contributed by atoms with Gasteiger partial charge in [-0.25, -0.2) is 4.98 Å². The molecule has 1 heterocycles. The molecule has 0 aromatic carbocycles. The van der Waals surface area contributed by atoms with Gasteiger partial charge in [-0.1, -0.05) is 11.6 Å². The van der Waals surface area contributed by atoms with Crippen molar-refractivity contribution in [3.05, 3.63) is 22.8 Å². The summed E-state index contributed by atoms with van der Waals surface area (Å²) in [5.41, 5.74) is 5.77. The Morgan fingerprint density at radius 1 is 1.75 bits per heavy atom. The summed E-state index contributed by atoms with van der Waals surface area (Å²) in [4.78, 5) is 17.1. The average molecular weight is 239 g/mol. The van der Waals surface area contributed by atoms with Crippen molar-refractivity contribution >= 4 is 23.3 Å². The fourth-order valence-electron chi connectivity index (χ4n) is 1.14. The van der Waals surface area contributed by atoms with Gasteiger partial charge in [-0.2, -0.15) is 5.26 Å². The van der Waals surface area contributed by atoms with Gasteiger partial charge in [0.05, 0.1) is 23.1 Å². The Bertz CT molecular complexity index is 441. The summed E-state index contributed by atoms with van der Waals surface area (Å²) in [5.74, 6) is -0.0317. The molecular formula is C10H11ClN4O. The Morgan fingerprint density at radius 2 is 2.44 bits per heavy atom. The van der Waals surface area contributed by atoms with Gasteiger partial charge in [-0.05, 0) is 6.07 Å². The van der Waals surface area contributed by atoms with E-state index in [1.807, 2.05) is 6.07 Å². The van der Waals surface area contributed by atoms with Crippen molar-refractivity contribution in [2.75, 3.05) is 19.3 Å². The molecule has 0 radical (unpaired) electrons. The van der Waals surface area contributed by atoms with Crippen LogP contribution in [-0.4, -0.2) is 29.4 Å². The molecule has 0 bridgehead atoms. The number of hydrogen-bond acceptors (Lipinski definition) is 4. The van der Waals surface area contributed by atoms with Crippen LogP contribution in [0.1, 0.15) is 16.8 Å². The van der Waals surface area contributed by atoms with E-state index in [1.54, 1.807) is 7.05 Å². The number of rotatable bonds is 3. The van der Waals surface area contributed by atoms with E-state index in [9.17, 15) is 4.79 Å². The highest BCUT2D eigenvalue weighted by molar-refractivity contribution is 6.33. The molecule has 1 rings (SSSR count). The molecule has 6 heteroatoms. The number of nitriles is 1. The third-order valence-corrected chi connectivity index (χ3v) is 2.31. The van der Waals surface area contributed by atoms with E-state index in [4.69, 9.17) is 22.6 Å². The maximum absolute atomic E-state index is 11.9. The first-order valence-corrected chi connectivity index (χ1v) is 4.97. The largest absolute Gasteiger partial charge is 0.384 e. The molecule has 1 aromatic rings. The van der Waals surface area contributed by atoms with Crippen molar-refractivity contribution in [1.82, 2.24) is 9.88 Å². The molecule has 0 spiro atoms. The molecule has 0 saturated heterocycles. The van der Waals surface area contributed by atoms with Crippen molar-refractivity contribution in [1.29, 1.82) is 5.26 Å². The van der Waals surface area contributed by atoms with Gasteiger partial charge in [0.15, 0.2) is 0 Å². The first-order valence-electron chi connectivity index (χ1n) is 4.59. The van der Waals surface area contributed by atoms with E-state index in [0.29, 0.717) is 12.1 Å². The van der Waals surface area contributed by atoms with E-state index < -0.39 is 0 Å². The van der Waals surface area contributed by atoms with Crippen LogP contribution in [-0.2, 0) is 0 Å². The van der Waals surface area contributed by atoms with Crippen LogP contribution in [0.2, 0.25) is 5.02 Å². The van der Waals surface area contributed by atoms with Crippen molar-refractivity contribution in [2.24, 2.45) is 0 Å². The maximum atomic E-state index is 11.9. The van der Waals surface area contributed by atoms with Crippen LogP contribution < -0.4 is 5.73 Å². The van der Waals surface area contributed by atoms with E-state index in [1.165, 1.54) is 17.2 Å². The van der Waals surface area contributed by atoms with E-state index in [2.05, 4.69) is 4.98 Å². The third-order valence-electron chi connectivity index (χ3n) is 2.01. The number of anilines is 1. The second-order valence-electron chi connectivity index (χ2n) is 3.22. The Balaban J connectivity index is 2.88. The Labute approximate surface area is 98.4 Å². The first kappa shape index (κ1) is 12.3. The van der Waals surface area contributed by atoms with Crippen LogP contribution in [0.25, 0.3) is 0 Å². The number of carbonyl (C=O) groups is 1. The average Bonchev–Trinajstić information content (AvgIpc) is 2.28. The predicted molar refractivity (Wildman–Crippen MR) is 60.8 cm³/mol. The lowest BCUT2D eigenvalue weighted by atomic mass is 10.2. The monoisotopic (exact) mass is 238 g/mol. The predicted octanol–water partition coefficient (Wildman–Crippen LogP) is 1.30. The quantitative estimate of drug-likeness (QED) is 0.861. The van der Waals surface area contributed by atoms with E-state index >= 15 is 0 Å². The molecule has 2 N–H and O–H groups in total. The number of amides is 1. The standard InChI is InChI=1S/C10H11ClN4O/c1-15(4-2-3-12)10(16)7-5-9(13)14-6-8(7)11/h5-6H,2,4H2,1H3,(H2,13,14). The smallest absolute Gasteiger partial charge is 0.255 e. The van der Waals surface area contributed by atoms with Gasteiger partial charge in [0.2, 0.25) is 0 Å². The summed E-state index contributed by atoms with van der Waals surface area (Å²) in [6.45, 7) is 0.355. The summed E-state index contributed by atoms with van der Waals surface area (Å²) in [6, 6.07) is 3.39. The Kier molecular flexibility index (Phi) is 4.09. The summed E-state index contributed by atoms with van der Waals surface area (Å²) >= 11 is 5.84. The molecule has 1 aromatic heterocycles. The van der Waals surface area contributed by atoms with Gasteiger partial charge in [0.1, 0.15) is 5.82 Å². The van der Waals surface area contributed by atoms with Crippen molar-refractivity contribution in [3.63, 3.8) is 0 Å². The molecule has 84 valence electrons. The minimum atomic E-state index is -0.269. The SMILES string of the molecule is CN(CCC#N)C(=O)c1cc(N)ncc1Cl. The number of nitrogens with zero attached hydrogens (tertiary/aromatic N) is 3. The number of hydrogen-bond donors (Lipinski definition) is 1. The molecule has 0 fully saturated rings. The number of carbonyl (C=O) groups excluding carboxylic acids is 1. The van der Waals surface area contributed by atoms with Gasteiger partial charge < -0.3 is 10.6 Å². The highest BCUT2D eigenvalue weighted by Crippen LogP contribution is 2.18. The fraction of sp³-hybridized carbons (Fsp3) is 0.300. The van der Waals surface area contributed by atoms with Crippen LogP contribution in [0.15, 0.2) is 12.3 Å². The highest BCUT2D eigenvalue weighted by Gasteiger charge is 2.15. The number of aromatic nitrogens is 1. The molecule has 0 unspecified atom stereocenters.